The van der Waals surface area contributed by atoms with Crippen LogP contribution < -0.4 is 5.32 Å². The molecule has 0 heterocycles. The number of likely N-dealkylation sites (N-methyl/N-ethyl adjacent to an activating group) is 1. The Kier molecular flexibility index (Phi) is 11.3. The molecule has 0 aliphatic carbocycles. The lowest BCUT2D eigenvalue weighted by molar-refractivity contribution is 0.149. The van der Waals surface area contributed by atoms with Crippen LogP contribution in [0.4, 0.5) is 0 Å². The molecule has 3 heteroatoms. The van der Waals surface area contributed by atoms with Crippen molar-refractivity contribution in [1.82, 2.24) is 10.2 Å². The van der Waals surface area contributed by atoms with Crippen molar-refractivity contribution in [2.24, 2.45) is 5.92 Å². The van der Waals surface area contributed by atoms with Gasteiger partial charge in [0.1, 0.15) is 0 Å². The van der Waals surface area contributed by atoms with Crippen molar-refractivity contribution in [2.75, 3.05) is 46.4 Å². The maximum Gasteiger partial charge on any atom is 0.0589 e. The molecule has 0 rings (SSSR count). The number of nitrogens with one attached hydrogen (secondary N) is 1. The number of ether oxygens (including phenoxy) is 1. The van der Waals surface area contributed by atoms with Crippen molar-refractivity contribution in [3.8, 4) is 0 Å². The van der Waals surface area contributed by atoms with Gasteiger partial charge in [-0.3, -0.25) is 0 Å². The lowest BCUT2D eigenvalue weighted by Crippen LogP contribution is -2.29. The maximum absolute atomic E-state index is 5.09. The monoisotopic (exact) mass is 230 g/mol. The van der Waals surface area contributed by atoms with Crippen LogP contribution in [-0.2, 0) is 4.74 Å². The molecule has 0 atom stereocenters. The number of rotatable bonds is 11. The van der Waals surface area contributed by atoms with E-state index in [1.165, 1.54) is 19.4 Å². The van der Waals surface area contributed by atoms with Crippen LogP contribution in [0.3, 0.4) is 0 Å². The fourth-order valence-corrected chi connectivity index (χ4v) is 1.62. The molecule has 0 unspecified atom stereocenters. The Hall–Kier alpha value is -0.120. The van der Waals surface area contributed by atoms with E-state index in [4.69, 9.17) is 4.74 Å². The zero-order chi connectivity index (χ0) is 12.2. The minimum atomic E-state index is 0.758. The van der Waals surface area contributed by atoms with Crippen molar-refractivity contribution < 1.29 is 4.74 Å². The molecule has 0 saturated carbocycles. The van der Waals surface area contributed by atoms with Crippen LogP contribution in [0.1, 0.15) is 33.6 Å². The third kappa shape index (κ3) is 10.4. The quantitative estimate of drug-likeness (QED) is 0.549. The highest BCUT2D eigenvalue weighted by molar-refractivity contribution is 4.57. The summed E-state index contributed by atoms with van der Waals surface area (Å²) in [6.45, 7) is 13.2. The predicted octanol–water partition coefficient (Wildman–Crippen LogP) is 1.98. The Bertz CT molecular complexity index is 140. The highest BCUT2D eigenvalue weighted by Gasteiger charge is 2.01. The zero-order valence-corrected chi connectivity index (χ0v) is 11.6. The molecule has 0 fully saturated rings. The molecular formula is C13H30N2O. The summed E-state index contributed by atoms with van der Waals surface area (Å²) in [7, 11) is 1.77. The number of hydrogen-bond donors (Lipinski definition) is 1. The van der Waals surface area contributed by atoms with E-state index in [1.807, 2.05) is 0 Å². The van der Waals surface area contributed by atoms with Gasteiger partial charge in [0.15, 0.2) is 0 Å². The molecule has 0 amide bonds. The van der Waals surface area contributed by atoms with Gasteiger partial charge >= 0.3 is 0 Å². The Morgan fingerprint density at radius 1 is 1.19 bits per heavy atom. The summed E-state index contributed by atoms with van der Waals surface area (Å²) in [6, 6.07) is 0. The van der Waals surface area contributed by atoms with E-state index in [0.717, 1.165) is 38.7 Å². The summed E-state index contributed by atoms with van der Waals surface area (Å²) in [5.41, 5.74) is 0. The molecule has 98 valence electrons. The minimum absolute atomic E-state index is 0.758. The van der Waals surface area contributed by atoms with Crippen molar-refractivity contribution in [2.45, 2.75) is 33.6 Å². The van der Waals surface area contributed by atoms with E-state index in [1.54, 1.807) is 7.11 Å². The summed E-state index contributed by atoms with van der Waals surface area (Å²) in [5, 5.41) is 3.48. The van der Waals surface area contributed by atoms with E-state index >= 15 is 0 Å². The Labute approximate surface area is 102 Å². The van der Waals surface area contributed by atoms with Crippen LogP contribution in [-0.4, -0.2) is 51.3 Å². The van der Waals surface area contributed by atoms with Gasteiger partial charge in [-0.1, -0.05) is 20.8 Å². The zero-order valence-electron chi connectivity index (χ0n) is 11.6. The van der Waals surface area contributed by atoms with Crippen molar-refractivity contribution in [3.05, 3.63) is 0 Å². The first-order chi connectivity index (χ1) is 7.70. The van der Waals surface area contributed by atoms with Crippen LogP contribution in [0.25, 0.3) is 0 Å². The maximum atomic E-state index is 5.09. The molecule has 16 heavy (non-hydrogen) atoms. The summed E-state index contributed by atoms with van der Waals surface area (Å²) in [4.78, 5) is 2.45. The van der Waals surface area contributed by atoms with E-state index in [9.17, 15) is 0 Å². The van der Waals surface area contributed by atoms with Gasteiger partial charge in [-0.05, 0) is 44.9 Å². The van der Waals surface area contributed by atoms with Gasteiger partial charge < -0.3 is 15.0 Å². The Morgan fingerprint density at radius 3 is 2.50 bits per heavy atom. The molecule has 0 aromatic heterocycles. The lowest BCUT2D eigenvalue weighted by atomic mass is 10.2. The fraction of sp³-hybridized carbons (Fsp3) is 1.00. The first-order valence-corrected chi connectivity index (χ1v) is 6.62. The molecule has 0 aliphatic heterocycles. The number of nitrogens with zero attached hydrogens (tertiary/aromatic N) is 1. The third-order valence-electron chi connectivity index (χ3n) is 2.69. The standard InChI is InChI=1S/C13H30N2O/c1-5-15(10-11-16-4)9-7-6-8-14-12-13(2)3/h13-14H,5-12H2,1-4H3. The summed E-state index contributed by atoms with van der Waals surface area (Å²) < 4.78 is 5.09. The Morgan fingerprint density at radius 2 is 1.94 bits per heavy atom. The second kappa shape index (κ2) is 11.4. The lowest BCUT2D eigenvalue weighted by Gasteiger charge is -2.19. The average molecular weight is 230 g/mol. The molecule has 0 saturated heterocycles. The van der Waals surface area contributed by atoms with E-state index in [-0.39, 0.29) is 0 Å². The Balaban J connectivity index is 3.27. The number of methoxy groups -OCH3 is 1. The topological polar surface area (TPSA) is 24.5 Å². The van der Waals surface area contributed by atoms with Crippen molar-refractivity contribution in [3.63, 3.8) is 0 Å². The summed E-state index contributed by atoms with van der Waals surface area (Å²) in [6.07, 6.45) is 2.55. The number of hydrogen-bond acceptors (Lipinski definition) is 3. The van der Waals surface area contributed by atoms with Crippen LogP contribution in [0.5, 0.6) is 0 Å². The van der Waals surface area contributed by atoms with Gasteiger partial charge in [0, 0.05) is 13.7 Å². The largest absolute Gasteiger partial charge is 0.383 e. The predicted molar refractivity (Wildman–Crippen MR) is 70.9 cm³/mol. The van der Waals surface area contributed by atoms with Crippen molar-refractivity contribution >= 4 is 0 Å². The second-order valence-electron chi connectivity index (χ2n) is 4.73. The van der Waals surface area contributed by atoms with Gasteiger partial charge in [-0.15, -0.1) is 0 Å². The summed E-state index contributed by atoms with van der Waals surface area (Å²) in [5.74, 6) is 0.758. The summed E-state index contributed by atoms with van der Waals surface area (Å²) >= 11 is 0. The molecule has 3 nitrogen and oxygen atoms in total. The van der Waals surface area contributed by atoms with Gasteiger partial charge in [-0.25, -0.2) is 0 Å². The van der Waals surface area contributed by atoms with E-state index < -0.39 is 0 Å². The minimum Gasteiger partial charge on any atom is -0.383 e. The van der Waals surface area contributed by atoms with Crippen molar-refractivity contribution in [1.29, 1.82) is 0 Å². The van der Waals surface area contributed by atoms with E-state index in [0.29, 0.717) is 0 Å². The molecule has 1 N–H and O–H groups in total. The third-order valence-corrected chi connectivity index (χ3v) is 2.69. The van der Waals surface area contributed by atoms with Crippen LogP contribution in [0, 0.1) is 5.92 Å². The normalized spacial score (nSPS) is 11.6. The molecule has 0 bridgehead atoms. The molecule has 0 aliphatic rings. The first kappa shape index (κ1) is 15.9. The highest BCUT2D eigenvalue weighted by Crippen LogP contribution is 1.95. The molecule has 0 radical (unpaired) electrons. The van der Waals surface area contributed by atoms with Gasteiger partial charge in [0.2, 0.25) is 0 Å². The highest BCUT2D eigenvalue weighted by atomic mass is 16.5. The first-order valence-electron chi connectivity index (χ1n) is 6.62. The van der Waals surface area contributed by atoms with Crippen LogP contribution in [0.15, 0.2) is 0 Å². The average Bonchev–Trinajstić information content (AvgIpc) is 2.26. The molecule has 0 aromatic carbocycles. The fourth-order valence-electron chi connectivity index (χ4n) is 1.62. The second-order valence-corrected chi connectivity index (χ2v) is 4.73. The van der Waals surface area contributed by atoms with Gasteiger partial charge in [0.05, 0.1) is 6.61 Å². The SMILES string of the molecule is CCN(CCCCNCC(C)C)CCOC. The smallest absolute Gasteiger partial charge is 0.0589 e. The molecule has 0 aromatic rings. The number of unbranched alkanes of at least 4 members (excludes halogenated alkanes) is 1. The van der Waals surface area contributed by atoms with E-state index in [2.05, 4.69) is 31.0 Å². The van der Waals surface area contributed by atoms with Crippen LogP contribution >= 0.6 is 0 Å². The van der Waals surface area contributed by atoms with Gasteiger partial charge in [0.25, 0.3) is 0 Å². The molecule has 0 spiro atoms. The van der Waals surface area contributed by atoms with Crippen LogP contribution in [0.2, 0.25) is 0 Å². The molecular weight excluding hydrogens is 200 g/mol. The van der Waals surface area contributed by atoms with Gasteiger partial charge in [-0.2, -0.15) is 0 Å².